The van der Waals surface area contributed by atoms with E-state index in [1.807, 2.05) is 6.07 Å². The summed E-state index contributed by atoms with van der Waals surface area (Å²) in [6.45, 7) is 6.81. The van der Waals surface area contributed by atoms with Crippen molar-refractivity contribution >= 4 is 22.2 Å². The van der Waals surface area contributed by atoms with Crippen LogP contribution in [0.5, 0.6) is 0 Å². The van der Waals surface area contributed by atoms with Gasteiger partial charge in [-0.2, -0.15) is 5.10 Å². The van der Waals surface area contributed by atoms with Crippen molar-refractivity contribution in [1.29, 1.82) is 0 Å². The third kappa shape index (κ3) is 4.65. The van der Waals surface area contributed by atoms with Crippen molar-refractivity contribution in [3.63, 3.8) is 0 Å². The number of anilines is 1. The van der Waals surface area contributed by atoms with Gasteiger partial charge in [0.05, 0.1) is 11.4 Å². The topological polar surface area (TPSA) is 24.4 Å². The van der Waals surface area contributed by atoms with E-state index in [9.17, 15) is 0 Å². The highest BCUT2D eigenvalue weighted by molar-refractivity contribution is 6.02. The normalized spacial score (nSPS) is 14.7. The predicted octanol–water partition coefficient (Wildman–Crippen LogP) is 7.35. The molecule has 0 bridgehead atoms. The summed E-state index contributed by atoms with van der Waals surface area (Å²) in [6, 6.07) is 25.2. The van der Waals surface area contributed by atoms with Crippen molar-refractivity contribution in [3.05, 3.63) is 102 Å². The Kier molecular flexibility index (Phi) is 5.35. The van der Waals surface area contributed by atoms with Crippen LogP contribution >= 0.6 is 0 Å². The van der Waals surface area contributed by atoms with E-state index in [1.165, 1.54) is 21.9 Å². The van der Waals surface area contributed by atoms with Crippen LogP contribution in [0, 0.1) is 5.41 Å². The van der Waals surface area contributed by atoms with Gasteiger partial charge < -0.3 is 0 Å². The molecule has 0 heterocycles. The van der Waals surface area contributed by atoms with E-state index < -0.39 is 0 Å². The molecule has 4 rings (SSSR count). The third-order valence-electron chi connectivity index (χ3n) is 5.38. The molecule has 1 N–H and O–H groups in total. The highest BCUT2D eigenvalue weighted by atomic mass is 15.3. The second-order valence-electron chi connectivity index (χ2n) is 8.69. The molecular weight excluding hydrogens is 352 g/mol. The molecule has 3 aromatic carbocycles. The maximum absolute atomic E-state index is 4.82. The van der Waals surface area contributed by atoms with Gasteiger partial charge >= 0.3 is 0 Å². The molecule has 146 valence electrons. The van der Waals surface area contributed by atoms with Crippen LogP contribution in [0.3, 0.4) is 0 Å². The van der Waals surface area contributed by atoms with Crippen LogP contribution in [0.15, 0.2) is 101 Å². The first-order chi connectivity index (χ1) is 14.0. The van der Waals surface area contributed by atoms with E-state index in [1.54, 1.807) is 0 Å². The quantitative estimate of drug-likeness (QED) is 0.363. The van der Waals surface area contributed by atoms with Crippen molar-refractivity contribution in [3.8, 4) is 0 Å². The number of nitrogens with one attached hydrogen (secondary N) is 1. The Morgan fingerprint density at radius 2 is 1.62 bits per heavy atom. The Morgan fingerprint density at radius 3 is 2.34 bits per heavy atom. The second-order valence-corrected chi connectivity index (χ2v) is 8.69. The first-order valence-electron chi connectivity index (χ1n) is 10.3. The summed E-state index contributed by atoms with van der Waals surface area (Å²) in [5, 5.41) is 7.28. The minimum atomic E-state index is 0.190. The summed E-state index contributed by atoms with van der Waals surface area (Å²) in [6.07, 6.45) is 6.57. The van der Waals surface area contributed by atoms with Crippen LogP contribution in [0.25, 0.3) is 10.8 Å². The van der Waals surface area contributed by atoms with Gasteiger partial charge in [-0.3, -0.25) is 5.43 Å². The zero-order valence-corrected chi connectivity index (χ0v) is 17.4. The molecule has 0 saturated carbocycles. The Morgan fingerprint density at radius 1 is 0.897 bits per heavy atom. The lowest BCUT2D eigenvalue weighted by Gasteiger charge is -2.18. The highest BCUT2D eigenvalue weighted by Crippen LogP contribution is 2.34. The van der Waals surface area contributed by atoms with Gasteiger partial charge in [-0.25, -0.2) is 0 Å². The molecule has 2 heteroatoms. The van der Waals surface area contributed by atoms with Gasteiger partial charge in [-0.15, -0.1) is 0 Å². The minimum absolute atomic E-state index is 0.190. The van der Waals surface area contributed by atoms with Gasteiger partial charge in [0.2, 0.25) is 0 Å². The molecule has 0 radical (unpaired) electrons. The zero-order chi connectivity index (χ0) is 20.3. The Labute approximate surface area is 173 Å². The van der Waals surface area contributed by atoms with Crippen LogP contribution in [0.4, 0.5) is 5.69 Å². The van der Waals surface area contributed by atoms with Crippen molar-refractivity contribution in [2.45, 2.75) is 33.6 Å². The van der Waals surface area contributed by atoms with E-state index in [0.29, 0.717) is 0 Å². The van der Waals surface area contributed by atoms with Gasteiger partial charge in [0.1, 0.15) is 0 Å². The molecule has 0 unspecified atom stereocenters. The molecule has 2 nitrogen and oxygen atoms in total. The van der Waals surface area contributed by atoms with E-state index in [2.05, 4.69) is 105 Å². The Bertz CT molecular complexity index is 1100. The van der Waals surface area contributed by atoms with Crippen molar-refractivity contribution in [2.75, 3.05) is 5.43 Å². The summed E-state index contributed by atoms with van der Waals surface area (Å²) < 4.78 is 0. The van der Waals surface area contributed by atoms with Gasteiger partial charge in [0.25, 0.3) is 0 Å². The Balaban J connectivity index is 1.59. The number of rotatable bonds is 5. The largest absolute Gasteiger partial charge is 0.278 e. The first kappa shape index (κ1) is 19.2. The van der Waals surface area contributed by atoms with Crippen LogP contribution in [-0.2, 0) is 0 Å². The second kappa shape index (κ2) is 8.08. The minimum Gasteiger partial charge on any atom is -0.278 e. The third-order valence-corrected chi connectivity index (χ3v) is 5.38. The molecule has 0 amide bonds. The maximum Gasteiger partial charge on any atom is 0.0719 e. The number of nitrogens with zero attached hydrogens (tertiary/aromatic N) is 1. The van der Waals surface area contributed by atoms with Gasteiger partial charge in [-0.05, 0) is 45.9 Å². The molecule has 0 spiro atoms. The number of benzene rings is 3. The number of hydrogen-bond acceptors (Lipinski definition) is 2. The van der Waals surface area contributed by atoms with E-state index in [-0.39, 0.29) is 5.41 Å². The molecule has 0 aromatic heterocycles. The number of allylic oxidation sites excluding steroid dienone is 4. The standard InChI is InChI=1S/C27H28N2/c1-27(2,3)24-15-13-20(17-24)18-26(22-10-5-4-6-11-22)29-28-25-16-14-21-9-7-8-12-23(21)19-25/h4-12,14-17,19,28H,13,18H2,1-3H3. The summed E-state index contributed by atoms with van der Waals surface area (Å²) in [7, 11) is 0. The molecular formula is C27H28N2. The average molecular weight is 381 g/mol. The fraction of sp³-hybridized carbons (Fsp3) is 0.222. The van der Waals surface area contributed by atoms with Crippen molar-refractivity contribution < 1.29 is 0 Å². The number of hydrazone groups is 1. The fourth-order valence-corrected chi connectivity index (χ4v) is 3.67. The van der Waals surface area contributed by atoms with Crippen LogP contribution in [-0.4, -0.2) is 5.71 Å². The molecule has 1 aliphatic carbocycles. The molecule has 29 heavy (non-hydrogen) atoms. The number of hydrogen-bond donors (Lipinski definition) is 1. The van der Waals surface area contributed by atoms with Gasteiger partial charge in [0.15, 0.2) is 0 Å². The van der Waals surface area contributed by atoms with Gasteiger partial charge in [-0.1, -0.05) is 99.2 Å². The monoisotopic (exact) mass is 380 g/mol. The summed E-state index contributed by atoms with van der Waals surface area (Å²) >= 11 is 0. The Hall–Kier alpha value is -3.13. The van der Waals surface area contributed by atoms with E-state index in [4.69, 9.17) is 5.10 Å². The smallest absolute Gasteiger partial charge is 0.0719 e. The molecule has 0 aliphatic heterocycles. The van der Waals surface area contributed by atoms with Gasteiger partial charge in [0, 0.05) is 6.42 Å². The zero-order valence-electron chi connectivity index (χ0n) is 17.4. The number of fused-ring (bicyclic) bond motifs is 1. The fourth-order valence-electron chi connectivity index (χ4n) is 3.67. The lowest BCUT2D eigenvalue weighted by atomic mass is 9.87. The molecule has 3 aromatic rings. The van der Waals surface area contributed by atoms with E-state index >= 15 is 0 Å². The molecule has 0 atom stereocenters. The summed E-state index contributed by atoms with van der Waals surface area (Å²) in [5.41, 5.74) is 9.55. The molecule has 0 fully saturated rings. The first-order valence-corrected chi connectivity index (χ1v) is 10.3. The summed E-state index contributed by atoms with van der Waals surface area (Å²) in [5.74, 6) is 0. The van der Waals surface area contributed by atoms with E-state index in [0.717, 1.165) is 29.8 Å². The predicted molar refractivity (Wildman–Crippen MR) is 125 cm³/mol. The average Bonchev–Trinajstić information content (AvgIpc) is 3.21. The maximum atomic E-state index is 4.82. The SMILES string of the molecule is CC(C)(C)C1=CCC(CC(=NNc2ccc3ccccc3c2)c2ccccc2)=C1. The highest BCUT2D eigenvalue weighted by Gasteiger charge is 2.20. The van der Waals surface area contributed by atoms with Crippen LogP contribution in [0.2, 0.25) is 0 Å². The summed E-state index contributed by atoms with van der Waals surface area (Å²) in [4.78, 5) is 0. The van der Waals surface area contributed by atoms with Crippen molar-refractivity contribution in [2.24, 2.45) is 10.5 Å². The van der Waals surface area contributed by atoms with Crippen molar-refractivity contribution in [1.82, 2.24) is 0 Å². The van der Waals surface area contributed by atoms with Crippen LogP contribution < -0.4 is 5.43 Å². The molecule has 1 aliphatic rings. The van der Waals surface area contributed by atoms with Crippen LogP contribution in [0.1, 0.15) is 39.2 Å². The lowest BCUT2D eigenvalue weighted by molar-refractivity contribution is 0.517. The molecule has 0 saturated heterocycles. The lowest BCUT2D eigenvalue weighted by Crippen LogP contribution is -2.07.